The second-order valence-electron chi connectivity index (χ2n) is 6.74. The summed E-state index contributed by atoms with van der Waals surface area (Å²) in [6.45, 7) is 0.490. The Balaban J connectivity index is 1.33. The van der Waals surface area contributed by atoms with E-state index in [0.717, 1.165) is 22.8 Å². The molecule has 0 radical (unpaired) electrons. The number of ether oxygens (including phenoxy) is 1. The van der Waals surface area contributed by atoms with E-state index in [1.807, 2.05) is 18.2 Å². The van der Waals surface area contributed by atoms with Crippen LogP contribution in [0.3, 0.4) is 0 Å². The van der Waals surface area contributed by atoms with E-state index in [4.69, 9.17) is 4.74 Å². The van der Waals surface area contributed by atoms with Crippen LogP contribution in [0.5, 0.6) is 10.9 Å². The first-order valence-corrected chi connectivity index (χ1v) is 10.5. The van der Waals surface area contributed by atoms with E-state index in [9.17, 15) is 9.18 Å². The van der Waals surface area contributed by atoms with Crippen LogP contribution in [-0.2, 0) is 12.8 Å². The smallest absolute Gasteiger partial charge is 0.298 e. The van der Waals surface area contributed by atoms with E-state index in [2.05, 4.69) is 19.7 Å². The first-order valence-electron chi connectivity index (χ1n) is 9.69. The third-order valence-corrected chi connectivity index (χ3v) is 5.05. The van der Waals surface area contributed by atoms with Crippen molar-refractivity contribution >= 4 is 17.4 Å². The van der Waals surface area contributed by atoms with Gasteiger partial charge in [0, 0.05) is 48.4 Å². The number of rotatable bonds is 8. The van der Waals surface area contributed by atoms with Crippen LogP contribution in [0.2, 0.25) is 0 Å². The number of nitrogens with zero attached hydrogens (tertiary/aromatic N) is 3. The van der Waals surface area contributed by atoms with Crippen LogP contribution < -0.4 is 10.1 Å². The number of amides is 1. The second-order valence-corrected chi connectivity index (χ2v) is 7.45. The number of carbonyl (C=O) groups is 1. The van der Waals surface area contributed by atoms with Gasteiger partial charge in [0.15, 0.2) is 5.82 Å². The Bertz CT molecular complexity index is 1150. The fraction of sp³-hybridized carbons (Fsp3) is 0.130. The quantitative estimate of drug-likeness (QED) is 0.444. The molecule has 2 aromatic heterocycles. The molecule has 156 valence electrons. The lowest BCUT2D eigenvalue weighted by molar-refractivity contribution is 0.0953. The summed E-state index contributed by atoms with van der Waals surface area (Å²) in [5.74, 6) is 0.632. The highest BCUT2D eigenvalue weighted by Gasteiger charge is 2.10. The molecule has 0 aliphatic rings. The van der Waals surface area contributed by atoms with Gasteiger partial charge in [0.25, 0.3) is 11.1 Å². The van der Waals surface area contributed by atoms with Gasteiger partial charge in [0.05, 0.1) is 0 Å². The van der Waals surface area contributed by atoms with Crippen molar-refractivity contribution in [3.05, 3.63) is 101 Å². The van der Waals surface area contributed by atoms with E-state index >= 15 is 0 Å². The molecule has 1 amide bonds. The maximum Gasteiger partial charge on any atom is 0.298 e. The molecular weight excluding hydrogens is 415 g/mol. The lowest BCUT2D eigenvalue weighted by atomic mass is 10.1. The zero-order valence-electron chi connectivity index (χ0n) is 16.5. The summed E-state index contributed by atoms with van der Waals surface area (Å²) < 4.78 is 23.1. The number of benzene rings is 2. The molecule has 4 rings (SSSR count). The highest BCUT2D eigenvalue weighted by Crippen LogP contribution is 2.24. The molecule has 0 aliphatic heterocycles. The molecule has 4 aromatic rings. The number of hydrogen-bond acceptors (Lipinski definition) is 6. The topological polar surface area (TPSA) is 77.0 Å². The van der Waals surface area contributed by atoms with Crippen molar-refractivity contribution in [2.45, 2.75) is 12.8 Å². The fourth-order valence-corrected chi connectivity index (χ4v) is 3.46. The van der Waals surface area contributed by atoms with Crippen molar-refractivity contribution in [3.8, 4) is 10.9 Å². The van der Waals surface area contributed by atoms with Gasteiger partial charge in [-0.1, -0.05) is 24.3 Å². The maximum atomic E-state index is 13.0. The van der Waals surface area contributed by atoms with Crippen molar-refractivity contribution < 1.29 is 13.9 Å². The second kappa shape index (κ2) is 9.90. The number of halogens is 1. The Labute approximate surface area is 182 Å². The molecule has 0 bridgehead atoms. The molecule has 6 nitrogen and oxygen atoms in total. The number of pyridine rings is 1. The van der Waals surface area contributed by atoms with E-state index in [-0.39, 0.29) is 11.7 Å². The summed E-state index contributed by atoms with van der Waals surface area (Å²) in [7, 11) is 0. The number of hydrogen-bond donors (Lipinski definition) is 1. The maximum absolute atomic E-state index is 13.0. The third kappa shape index (κ3) is 5.93. The van der Waals surface area contributed by atoms with Crippen LogP contribution in [0.25, 0.3) is 0 Å². The number of aromatic nitrogens is 3. The average molecular weight is 434 g/mol. The Morgan fingerprint density at radius 3 is 2.74 bits per heavy atom. The van der Waals surface area contributed by atoms with E-state index in [1.54, 1.807) is 42.6 Å². The average Bonchev–Trinajstić information content (AvgIpc) is 3.23. The minimum Gasteiger partial charge on any atom is -0.430 e. The standard InChI is InChI=1S/C23H19FN4O2S/c24-18-9-7-16(8-10-18)14-21-27-23(31-28-21)30-20-6-3-4-17(15-20)22(29)26-13-11-19-5-1-2-12-25-19/h1-10,12,15H,11,13-14H2,(H,26,29). The predicted molar refractivity (Wildman–Crippen MR) is 116 cm³/mol. The van der Waals surface area contributed by atoms with Crippen molar-refractivity contribution in [2.75, 3.05) is 6.54 Å². The minimum atomic E-state index is -0.278. The monoisotopic (exact) mass is 434 g/mol. The molecule has 2 aromatic carbocycles. The van der Waals surface area contributed by atoms with Crippen LogP contribution >= 0.6 is 11.5 Å². The molecule has 0 spiro atoms. The molecule has 8 heteroatoms. The Morgan fingerprint density at radius 1 is 1.06 bits per heavy atom. The van der Waals surface area contributed by atoms with Crippen molar-refractivity contribution in [1.82, 2.24) is 19.7 Å². The molecule has 0 fully saturated rings. The summed E-state index contributed by atoms with van der Waals surface area (Å²) in [5, 5.41) is 3.27. The van der Waals surface area contributed by atoms with E-state index < -0.39 is 0 Å². The van der Waals surface area contributed by atoms with Crippen LogP contribution in [0.4, 0.5) is 4.39 Å². The number of carbonyl (C=O) groups excluding carboxylic acids is 1. The third-order valence-electron chi connectivity index (χ3n) is 4.42. The van der Waals surface area contributed by atoms with Crippen LogP contribution in [0, 0.1) is 5.82 Å². The van der Waals surface area contributed by atoms with Gasteiger partial charge in [-0.3, -0.25) is 9.78 Å². The highest BCUT2D eigenvalue weighted by atomic mass is 32.1. The van der Waals surface area contributed by atoms with Gasteiger partial charge in [-0.15, -0.1) is 0 Å². The fourth-order valence-electron chi connectivity index (χ4n) is 2.89. The summed E-state index contributed by atoms with van der Waals surface area (Å²) >= 11 is 1.13. The summed E-state index contributed by atoms with van der Waals surface area (Å²) in [4.78, 5) is 21.0. The molecule has 0 aliphatic carbocycles. The van der Waals surface area contributed by atoms with Gasteiger partial charge in [0.2, 0.25) is 0 Å². The predicted octanol–water partition coefficient (Wildman–Crippen LogP) is 4.43. The van der Waals surface area contributed by atoms with Crippen LogP contribution in [-0.4, -0.2) is 26.8 Å². The molecule has 0 unspecified atom stereocenters. The molecular formula is C23H19FN4O2S. The molecule has 0 atom stereocenters. The Kier molecular flexibility index (Phi) is 6.59. The Morgan fingerprint density at radius 2 is 1.94 bits per heavy atom. The first kappa shape index (κ1) is 20.6. The van der Waals surface area contributed by atoms with Gasteiger partial charge in [0.1, 0.15) is 11.6 Å². The zero-order chi connectivity index (χ0) is 21.5. The van der Waals surface area contributed by atoms with Crippen molar-refractivity contribution in [3.63, 3.8) is 0 Å². The zero-order valence-corrected chi connectivity index (χ0v) is 17.3. The van der Waals surface area contributed by atoms with Crippen molar-refractivity contribution in [2.24, 2.45) is 0 Å². The highest BCUT2D eigenvalue weighted by molar-refractivity contribution is 7.07. The van der Waals surface area contributed by atoms with Gasteiger partial charge < -0.3 is 10.1 Å². The summed E-state index contributed by atoms with van der Waals surface area (Å²) in [5.41, 5.74) is 2.33. The molecule has 2 heterocycles. The molecule has 0 saturated heterocycles. The van der Waals surface area contributed by atoms with Gasteiger partial charge in [-0.2, -0.15) is 9.36 Å². The first-order chi connectivity index (χ1) is 15.2. The number of nitrogens with one attached hydrogen (secondary N) is 1. The lowest BCUT2D eigenvalue weighted by Crippen LogP contribution is -2.25. The molecule has 0 saturated carbocycles. The Hall–Kier alpha value is -3.65. The summed E-state index contributed by atoms with van der Waals surface area (Å²) in [6, 6.07) is 18.8. The van der Waals surface area contributed by atoms with Crippen LogP contribution in [0.1, 0.15) is 27.4 Å². The largest absolute Gasteiger partial charge is 0.430 e. The summed E-state index contributed by atoms with van der Waals surface area (Å²) in [6.07, 6.45) is 2.87. The van der Waals surface area contributed by atoms with E-state index in [1.165, 1.54) is 12.1 Å². The van der Waals surface area contributed by atoms with Gasteiger partial charge in [-0.25, -0.2) is 4.39 Å². The normalized spacial score (nSPS) is 10.6. The van der Waals surface area contributed by atoms with Gasteiger partial charge >= 0.3 is 0 Å². The van der Waals surface area contributed by atoms with Gasteiger partial charge in [-0.05, 0) is 48.0 Å². The SMILES string of the molecule is O=C(NCCc1ccccn1)c1cccc(Oc2nc(Cc3ccc(F)cc3)ns2)c1. The van der Waals surface area contributed by atoms with Crippen LogP contribution in [0.15, 0.2) is 72.9 Å². The van der Waals surface area contributed by atoms with E-state index in [0.29, 0.717) is 41.7 Å². The lowest BCUT2D eigenvalue weighted by Gasteiger charge is -2.07. The van der Waals surface area contributed by atoms with Crippen molar-refractivity contribution in [1.29, 1.82) is 0 Å². The minimum absolute atomic E-state index is 0.185. The molecule has 1 N–H and O–H groups in total. The molecule has 31 heavy (non-hydrogen) atoms.